The van der Waals surface area contributed by atoms with Gasteiger partial charge >= 0.3 is 0 Å². The molecule has 0 atom stereocenters. The Labute approximate surface area is 145 Å². The lowest BCUT2D eigenvalue weighted by Crippen LogP contribution is -2.13. The number of anilines is 1. The molecule has 0 aliphatic heterocycles. The molecule has 0 radical (unpaired) electrons. The number of rotatable bonds is 3. The summed E-state index contributed by atoms with van der Waals surface area (Å²) in [6.45, 7) is 6.13. The summed E-state index contributed by atoms with van der Waals surface area (Å²) >= 11 is 6.38. The first-order valence-corrected chi connectivity index (χ1v) is 8.15. The van der Waals surface area contributed by atoms with Gasteiger partial charge in [-0.25, -0.2) is 9.97 Å². The average molecular weight is 343 g/mol. The lowest BCUT2D eigenvalue weighted by atomic mass is 10.0. The minimum absolute atomic E-state index is 0.296. The Morgan fingerprint density at radius 2 is 1.92 bits per heavy atom. The van der Waals surface area contributed by atoms with E-state index in [1.54, 1.807) is 0 Å². The number of benzene rings is 1. The third-order valence-corrected chi connectivity index (χ3v) is 4.51. The molecule has 0 aliphatic rings. The van der Waals surface area contributed by atoms with Crippen LogP contribution >= 0.6 is 11.6 Å². The third-order valence-electron chi connectivity index (χ3n) is 4.13. The lowest BCUT2D eigenvalue weighted by molar-refractivity contribution is 0.102. The molecule has 1 amide bonds. The van der Waals surface area contributed by atoms with Crippen molar-refractivity contribution in [2.75, 3.05) is 5.32 Å². The van der Waals surface area contributed by atoms with E-state index in [0.29, 0.717) is 27.7 Å². The third kappa shape index (κ3) is 2.87. The Balaban J connectivity index is 1.90. The summed E-state index contributed by atoms with van der Waals surface area (Å²) in [4.78, 5) is 21.2. The molecule has 2 aromatic heterocycles. The van der Waals surface area contributed by atoms with Crippen LogP contribution in [0.3, 0.4) is 0 Å². The Kier molecular flexibility index (Phi) is 4.28. The molecule has 5 nitrogen and oxygen atoms in total. The van der Waals surface area contributed by atoms with Gasteiger partial charge in [0.15, 0.2) is 5.65 Å². The van der Waals surface area contributed by atoms with E-state index in [2.05, 4.69) is 29.1 Å². The van der Waals surface area contributed by atoms with Gasteiger partial charge < -0.3 is 9.88 Å². The van der Waals surface area contributed by atoms with Crippen molar-refractivity contribution >= 4 is 34.4 Å². The number of carbonyl (C=O) groups excluding carboxylic acids is 1. The van der Waals surface area contributed by atoms with Crippen molar-refractivity contribution in [3.05, 3.63) is 52.4 Å². The smallest absolute Gasteiger partial charge is 0.258 e. The van der Waals surface area contributed by atoms with Gasteiger partial charge in [0, 0.05) is 18.9 Å². The topological polar surface area (TPSA) is 59.8 Å². The van der Waals surface area contributed by atoms with E-state index in [-0.39, 0.29) is 5.91 Å². The van der Waals surface area contributed by atoms with E-state index < -0.39 is 0 Å². The summed E-state index contributed by atoms with van der Waals surface area (Å²) in [5.41, 5.74) is 3.46. The number of carbonyl (C=O) groups is 1. The zero-order valence-corrected chi connectivity index (χ0v) is 14.8. The summed E-state index contributed by atoms with van der Waals surface area (Å²) in [5.74, 6) is 0.944. The Hall–Kier alpha value is -2.40. The molecule has 1 N–H and O–H groups in total. The number of pyridine rings is 1. The van der Waals surface area contributed by atoms with Crippen LogP contribution in [-0.2, 0) is 7.05 Å². The molecule has 24 heavy (non-hydrogen) atoms. The zero-order chi connectivity index (χ0) is 17.4. The van der Waals surface area contributed by atoms with Gasteiger partial charge in [0.05, 0.1) is 10.6 Å². The fourth-order valence-electron chi connectivity index (χ4n) is 2.51. The minimum Gasteiger partial charge on any atom is -0.322 e. The van der Waals surface area contributed by atoms with E-state index in [4.69, 9.17) is 11.6 Å². The van der Waals surface area contributed by atoms with Crippen molar-refractivity contribution in [2.45, 2.75) is 26.7 Å². The highest BCUT2D eigenvalue weighted by atomic mass is 35.5. The van der Waals surface area contributed by atoms with Gasteiger partial charge in [-0.3, -0.25) is 4.79 Å². The minimum atomic E-state index is -0.296. The molecule has 0 unspecified atom stereocenters. The predicted molar refractivity (Wildman–Crippen MR) is 96.7 cm³/mol. The standard InChI is InChI=1S/C18H19ClN4O/c1-10(2)12-5-7-13(8-6-12)22-18(24)14-9-20-17-16(15(14)19)21-11(3)23(17)4/h5-10H,1-4H3,(H,22,24). The highest BCUT2D eigenvalue weighted by Crippen LogP contribution is 2.26. The normalized spacial score (nSPS) is 11.2. The van der Waals surface area contributed by atoms with E-state index in [0.717, 1.165) is 11.5 Å². The van der Waals surface area contributed by atoms with Crippen molar-refractivity contribution in [1.29, 1.82) is 0 Å². The fraction of sp³-hybridized carbons (Fsp3) is 0.278. The Bertz CT molecular complexity index is 913. The lowest BCUT2D eigenvalue weighted by Gasteiger charge is -2.09. The molecular weight excluding hydrogens is 324 g/mol. The molecule has 124 valence electrons. The van der Waals surface area contributed by atoms with Crippen LogP contribution < -0.4 is 5.32 Å². The number of nitrogens with one attached hydrogen (secondary N) is 1. The van der Waals surface area contributed by atoms with Crippen LogP contribution in [0.15, 0.2) is 30.5 Å². The molecule has 0 aliphatic carbocycles. The molecule has 6 heteroatoms. The van der Waals surface area contributed by atoms with Gasteiger partial charge in [-0.15, -0.1) is 0 Å². The quantitative estimate of drug-likeness (QED) is 0.771. The van der Waals surface area contributed by atoms with Crippen LogP contribution in [0.2, 0.25) is 5.02 Å². The molecule has 0 spiro atoms. The second kappa shape index (κ2) is 6.24. The van der Waals surface area contributed by atoms with Gasteiger partial charge in [0.2, 0.25) is 0 Å². The van der Waals surface area contributed by atoms with Crippen molar-refractivity contribution in [2.24, 2.45) is 7.05 Å². The maximum Gasteiger partial charge on any atom is 0.258 e. The summed E-state index contributed by atoms with van der Waals surface area (Å²) in [7, 11) is 1.87. The van der Waals surface area contributed by atoms with Gasteiger partial charge in [-0.2, -0.15) is 0 Å². The molecule has 0 bridgehead atoms. The van der Waals surface area contributed by atoms with Gasteiger partial charge in [0.1, 0.15) is 11.3 Å². The van der Waals surface area contributed by atoms with Gasteiger partial charge in [-0.1, -0.05) is 37.6 Å². The maximum absolute atomic E-state index is 12.5. The van der Waals surface area contributed by atoms with E-state index in [9.17, 15) is 4.79 Å². The number of halogens is 1. The molecule has 3 aromatic rings. The predicted octanol–water partition coefficient (Wildman–Crippen LogP) is 4.31. The second-order valence-corrected chi connectivity index (χ2v) is 6.48. The molecule has 3 rings (SSSR count). The first-order valence-electron chi connectivity index (χ1n) is 7.77. The largest absolute Gasteiger partial charge is 0.322 e. The zero-order valence-electron chi connectivity index (χ0n) is 14.1. The van der Waals surface area contributed by atoms with E-state index >= 15 is 0 Å². The first-order chi connectivity index (χ1) is 11.4. The van der Waals surface area contributed by atoms with Crippen molar-refractivity contribution < 1.29 is 4.79 Å². The molecule has 1 aromatic carbocycles. The summed E-state index contributed by atoms with van der Waals surface area (Å²) in [6, 6.07) is 7.78. The van der Waals surface area contributed by atoms with Crippen LogP contribution in [0.4, 0.5) is 5.69 Å². The summed E-state index contributed by atoms with van der Waals surface area (Å²) < 4.78 is 1.84. The van der Waals surface area contributed by atoms with Crippen LogP contribution in [0.25, 0.3) is 11.2 Å². The maximum atomic E-state index is 12.5. The number of hydrogen-bond donors (Lipinski definition) is 1. The van der Waals surface area contributed by atoms with Crippen molar-refractivity contribution in [1.82, 2.24) is 14.5 Å². The van der Waals surface area contributed by atoms with Crippen LogP contribution in [0.1, 0.15) is 41.5 Å². The number of hydrogen-bond acceptors (Lipinski definition) is 3. The summed E-state index contributed by atoms with van der Waals surface area (Å²) in [6.07, 6.45) is 1.49. The van der Waals surface area contributed by atoms with E-state index in [1.807, 2.05) is 42.8 Å². The fourth-order valence-corrected chi connectivity index (χ4v) is 2.77. The monoisotopic (exact) mass is 342 g/mol. The number of nitrogens with zero attached hydrogens (tertiary/aromatic N) is 3. The van der Waals surface area contributed by atoms with Crippen molar-refractivity contribution in [3.8, 4) is 0 Å². The van der Waals surface area contributed by atoms with Crippen molar-refractivity contribution in [3.63, 3.8) is 0 Å². The molecule has 0 fully saturated rings. The molecular formula is C18H19ClN4O. The number of aromatic nitrogens is 3. The molecule has 2 heterocycles. The highest BCUT2D eigenvalue weighted by Gasteiger charge is 2.18. The van der Waals surface area contributed by atoms with Gasteiger partial charge in [-0.05, 0) is 30.5 Å². The Morgan fingerprint density at radius 1 is 1.25 bits per heavy atom. The summed E-state index contributed by atoms with van der Waals surface area (Å²) in [5, 5.41) is 3.17. The first kappa shape index (κ1) is 16.5. The number of amides is 1. The van der Waals surface area contributed by atoms with Crippen LogP contribution in [0.5, 0.6) is 0 Å². The van der Waals surface area contributed by atoms with Crippen LogP contribution in [0, 0.1) is 6.92 Å². The second-order valence-electron chi connectivity index (χ2n) is 6.11. The molecule has 0 saturated carbocycles. The molecule has 0 saturated heterocycles. The Morgan fingerprint density at radius 3 is 2.54 bits per heavy atom. The number of fused-ring (bicyclic) bond motifs is 1. The van der Waals surface area contributed by atoms with E-state index in [1.165, 1.54) is 11.8 Å². The number of imidazole rings is 1. The highest BCUT2D eigenvalue weighted by molar-refractivity contribution is 6.38. The number of aryl methyl sites for hydroxylation is 2. The van der Waals surface area contributed by atoms with Gasteiger partial charge in [0.25, 0.3) is 5.91 Å². The SMILES string of the molecule is Cc1nc2c(Cl)c(C(=O)Nc3ccc(C(C)C)cc3)cnc2n1C. The average Bonchev–Trinajstić information content (AvgIpc) is 2.84. The van der Waals surface area contributed by atoms with Crippen LogP contribution in [-0.4, -0.2) is 20.4 Å².